The Morgan fingerprint density at radius 1 is 1.39 bits per heavy atom. The molecular formula is C15H13FN4O3. The monoisotopic (exact) mass is 316 g/mol. The fourth-order valence-corrected chi connectivity index (χ4v) is 2.04. The number of nitrogens with zero attached hydrogens (tertiary/aromatic N) is 4. The average molecular weight is 316 g/mol. The first kappa shape index (κ1) is 14.9. The predicted octanol–water partition coefficient (Wildman–Crippen LogP) is 2.30. The number of esters is 1. The standard InChI is InChI=1S/C15H13FN4O3/c1-2-22-15(21)12-6-7-23-13(12)9-20-18-14(17-19-20)10-4-3-5-11(16)8-10/h3-8H,2,9H2,1H3. The highest BCUT2D eigenvalue weighted by molar-refractivity contribution is 5.90. The zero-order valence-electron chi connectivity index (χ0n) is 12.3. The van der Waals surface area contributed by atoms with Crippen molar-refractivity contribution in [3.63, 3.8) is 0 Å². The summed E-state index contributed by atoms with van der Waals surface area (Å²) < 4.78 is 23.5. The Hall–Kier alpha value is -3.03. The first-order chi connectivity index (χ1) is 11.2. The van der Waals surface area contributed by atoms with Crippen LogP contribution in [0, 0.1) is 5.82 Å². The minimum absolute atomic E-state index is 0.115. The topological polar surface area (TPSA) is 83.0 Å². The van der Waals surface area contributed by atoms with Gasteiger partial charge in [0.15, 0.2) is 0 Å². The molecule has 3 rings (SSSR count). The van der Waals surface area contributed by atoms with Gasteiger partial charge >= 0.3 is 5.97 Å². The molecule has 0 aliphatic rings. The zero-order valence-corrected chi connectivity index (χ0v) is 12.3. The van der Waals surface area contributed by atoms with Gasteiger partial charge in [-0.25, -0.2) is 9.18 Å². The van der Waals surface area contributed by atoms with Gasteiger partial charge < -0.3 is 9.15 Å². The number of tetrazole rings is 1. The third kappa shape index (κ3) is 3.25. The van der Waals surface area contributed by atoms with Crippen molar-refractivity contribution in [3.05, 3.63) is 53.7 Å². The molecule has 0 amide bonds. The molecule has 118 valence electrons. The molecule has 8 heteroatoms. The maximum atomic E-state index is 13.2. The van der Waals surface area contributed by atoms with Crippen molar-refractivity contribution in [2.45, 2.75) is 13.5 Å². The molecule has 0 N–H and O–H groups in total. The fraction of sp³-hybridized carbons (Fsp3) is 0.200. The van der Waals surface area contributed by atoms with Gasteiger partial charge in [0.05, 0.1) is 12.9 Å². The van der Waals surface area contributed by atoms with Crippen LogP contribution in [0.2, 0.25) is 0 Å². The lowest BCUT2D eigenvalue weighted by Crippen LogP contribution is -2.10. The Bertz CT molecular complexity index is 828. The van der Waals surface area contributed by atoms with E-state index in [-0.39, 0.29) is 24.8 Å². The van der Waals surface area contributed by atoms with Gasteiger partial charge in [0, 0.05) is 5.56 Å². The Balaban J connectivity index is 1.80. The lowest BCUT2D eigenvalue weighted by atomic mass is 10.2. The summed E-state index contributed by atoms with van der Waals surface area (Å²) in [7, 11) is 0. The van der Waals surface area contributed by atoms with Gasteiger partial charge in [-0.1, -0.05) is 12.1 Å². The van der Waals surface area contributed by atoms with E-state index < -0.39 is 5.97 Å². The number of rotatable bonds is 5. The van der Waals surface area contributed by atoms with Crippen molar-refractivity contribution in [2.75, 3.05) is 6.61 Å². The summed E-state index contributed by atoms with van der Waals surface area (Å²) in [6.07, 6.45) is 1.39. The zero-order chi connectivity index (χ0) is 16.2. The van der Waals surface area contributed by atoms with E-state index in [0.29, 0.717) is 16.9 Å². The van der Waals surface area contributed by atoms with Crippen molar-refractivity contribution in [2.24, 2.45) is 0 Å². The van der Waals surface area contributed by atoms with Crippen LogP contribution in [0.4, 0.5) is 4.39 Å². The normalized spacial score (nSPS) is 10.7. The van der Waals surface area contributed by atoms with Crippen LogP contribution < -0.4 is 0 Å². The van der Waals surface area contributed by atoms with E-state index in [0.717, 1.165) is 0 Å². The van der Waals surface area contributed by atoms with Crippen LogP contribution in [-0.4, -0.2) is 32.8 Å². The Labute approximate surface area is 130 Å². The van der Waals surface area contributed by atoms with Crippen molar-refractivity contribution in [3.8, 4) is 11.4 Å². The summed E-state index contributed by atoms with van der Waals surface area (Å²) in [5.74, 6) is -0.198. The summed E-state index contributed by atoms with van der Waals surface area (Å²) in [4.78, 5) is 13.1. The van der Waals surface area contributed by atoms with Gasteiger partial charge in [0.1, 0.15) is 23.7 Å². The van der Waals surface area contributed by atoms with Gasteiger partial charge in [-0.15, -0.1) is 10.2 Å². The molecule has 0 aliphatic heterocycles. The lowest BCUT2D eigenvalue weighted by Gasteiger charge is -2.01. The van der Waals surface area contributed by atoms with E-state index in [1.807, 2.05) is 0 Å². The number of carbonyl (C=O) groups is 1. The number of benzene rings is 1. The Morgan fingerprint density at radius 3 is 3.04 bits per heavy atom. The van der Waals surface area contributed by atoms with Gasteiger partial charge in [-0.05, 0) is 30.3 Å². The highest BCUT2D eigenvalue weighted by atomic mass is 19.1. The summed E-state index contributed by atoms with van der Waals surface area (Å²) in [5.41, 5.74) is 0.831. The van der Waals surface area contributed by atoms with Crippen LogP contribution in [0.1, 0.15) is 23.0 Å². The average Bonchev–Trinajstić information content (AvgIpc) is 3.17. The van der Waals surface area contributed by atoms with E-state index in [1.165, 1.54) is 29.3 Å². The van der Waals surface area contributed by atoms with E-state index in [9.17, 15) is 9.18 Å². The highest BCUT2D eigenvalue weighted by Gasteiger charge is 2.17. The van der Waals surface area contributed by atoms with Gasteiger partial charge in [0.2, 0.25) is 5.82 Å². The first-order valence-electron chi connectivity index (χ1n) is 6.94. The van der Waals surface area contributed by atoms with Crippen LogP contribution in [0.3, 0.4) is 0 Å². The minimum atomic E-state index is -0.471. The van der Waals surface area contributed by atoms with E-state index in [4.69, 9.17) is 9.15 Å². The molecule has 3 aromatic rings. The van der Waals surface area contributed by atoms with Gasteiger partial charge in [-0.3, -0.25) is 0 Å². The summed E-state index contributed by atoms with van der Waals surface area (Å²) in [6, 6.07) is 7.43. The summed E-state index contributed by atoms with van der Waals surface area (Å²) in [6.45, 7) is 2.11. The number of hydrogen-bond acceptors (Lipinski definition) is 6. The predicted molar refractivity (Wildman–Crippen MR) is 77.0 cm³/mol. The molecule has 1 aromatic carbocycles. The number of hydrogen-bond donors (Lipinski definition) is 0. The third-order valence-corrected chi connectivity index (χ3v) is 3.06. The van der Waals surface area contributed by atoms with Crippen molar-refractivity contribution >= 4 is 5.97 Å². The molecule has 23 heavy (non-hydrogen) atoms. The van der Waals surface area contributed by atoms with Crippen LogP contribution in [0.5, 0.6) is 0 Å². The summed E-state index contributed by atoms with van der Waals surface area (Å²) in [5, 5.41) is 11.9. The lowest BCUT2D eigenvalue weighted by molar-refractivity contribution is 0.0523. The summed E-state index contributed by atoms with van der Waals surface area (Å²) >= 11 is 0. The molecule has 0 spiro atoms. The van der Waals surface area contributed by atoms with Gasteiger partial charge in [0.25, 0.3) is 0 Å². The second-order valence-electron chi connectivity index (χ2n) is 4.63. The quantitative estimate of drug-likeness (QED) is 0.672. The molecule has 0 unspecified atom stereocenters. The molecule has 0 aliphatic carbocycles. The number of carbonyl (C=O) groups excluding carboxylic acids is 1. The minimum Gasteiger partial charge on any atom is -0.466 e. The smallest absolute Gasteiger partial charge is 0.341 e. The van der Waals surface area contributed by atoms with E-state index in [1.54, 1.807) is 19.1 Å². The van der Waals surface area contributed by atoms with E-state index in [2.05, 4.69) is 15.4 Å². The Morgan fingerprint density at radius 2 is 2.26 bits per heavy atom. The van der Waals surface area contributed by atoms with Crippen LogP contribution in [0.15, 0.2) is 41.0 Å². The highest BCUT2D eigenvalue weighted by Crippen LogP contribution is 2.16. The van der Waals surface area contributed by atoms with Gasteiger partial charge in [-0.2, -0.15) is 4.80 Å². The second-order valence-corrected chi connectivity index (χ2v) is 4.63. The van der Waals surface area contributed by atoms with Crippen molar-refractivity contribution < 1.29 is 18.3 Å². The van der Waals surface area contributed by atoms with Crippen molar-refractivity contribution in [1.82, 2.24) is 20.2 Å². The molecule has 0 atom stereocenters. The van der Waals surface area contributed by atoms with Crippen LogP contribution in [0.25, 0.3) is 11.4 Å². The number of aromatic nitrogens is 4. The largest absolute Gasteiger partial charge is 0.466 e. The molecule has 2 heterocycles. The molecule has 0 saturated carbocycles. The number of ether oxygens (including phenoxy) is 1. The molecular weight excluding hydrogens is 303 g/mol. The fourth-order valence-electron chi connectivity index (χ4n) is 2.04. The SMILES string of the molecule is CCOC(=O)c1ccoc1Cn1nnc(-c2cccc(F)c2)n1. The third-order valence-electron chi connectivity index (χ3n) is 3.06. The Kier molecular flexibility index (Phi) is 4.13. The molecule has 0 bridgehead atoms. The molecule has 0 saturated heterocycles. The molecule has 0 fully saturated rings. The van der Waals surface area contributed by atoms with Crippen LogP contribution >= 0.6 is 0 Å². The number of furan rings is 1. The van der Waals surface area contributed by atoms with E-state index >= 15 is 0 Å². The first-order valence-corrected chi connectivity index (χ1v) is 6.94. The maximum absolute atomic E-state index is 13.2. The van der Waals surface area contributed by atoms with Crippen LogP contribution in [-0.2, 0) is 11.3 Å². The van der Waals surface area contributed by atoms with Crippen molar-refractivity contribution in [1.29, 1.82) is 0 Å². The molecule has 2 aromatic heterocycles. The second kappa shape index (κ2) is 6.39. The molecule has 0 radical (unpaired) electrons. The maximum Gasteiger partial charge on any atom is 0.341 e. The molecule has 7 nitrogen and oxygen atoms in total. The number of halogens is 1.